The molecule has 0 saturated heterocycles. The van der Waals surface area contributed by atoms with Crippen molar-refractivity contribution in [1.29, 1.82) is 0 Å². The van der Waals surface area contributed by atoms with Gasteiger partial charge in [0, 0.05) is 12.8 Å². The summed E-state index contributed by atoms with van der Waals surface area (Å²) in [6.45, 7) is 5.78. The van der Waals surface area contributed by atoms with Crippen LogP contribution in [-0.4, -0.2) is 27.9 Å². The number of Topliss-reactive ketones (excluding diaryl/α,β-unsaturated/α-hetero) is 1. The Labute approximate surface area is 94.5 Å². The standard InChI is InChI=1S/C11H18O5/c1-10(2,8(13)14)5-7(12)6-11(3,4)9(15)16/h5-6H2,1-4H3,(H,13,14)(H,15,16). The Hall–Kier alpha value is -1.39. The molecular formula is C11H18O5. The molecule has 0 bridgehead atoms. The van der Waals surface area contributed by atoms with Crippen LogP contribution in [0.15, 0.2) is 0 Å². The van der Waals surface area contributed by atoms with Crippen LogP contribution in [-0.2, 0) is 14.4 Å². The van der Waals surface area contributed by atoms with Gasteiger partial charge in [0.2, 0.25) is 0 Å². The molecule has 0 aliphatic heterocycles. The number of carboxylic acid groups (broad SMARTS) is 2. The van der Waals surface area contributed by atoms with E-state index >= 15 is 0 Å². The van der Waals surface area contributed by atoms with Gasteiger partial charge in [-0.1, -0.05) is 0 Å². The number of carbonyl (C=O) groups is 3. The maximum absolute atomic E-state index is 11.6. The van der Waals surface area contributed by atoms with Crippen LogP contribution in [0.2, 0.25) is 0 Å². The summed E-state index contributed by atoms with van der Waals surface area (Å²) in [7, 11) is 0. The molecular weight excluding hydrogens is 212 g/mol. The Morgan fingerprint density at radius 2 is 1.06 bits per heavy atom. The van der Waals surface area contributed by atoms with Gasteiger partial charge in [0.25, 0.3) is 0 Å². The van der Waals surface area contributed by atoms with Crippen molar-refractivity contribution in [3.8, 4) is 0 Å². The molecule has 92 valence electrons. The van der Waals surface area contributed by atoms with Gasteiger partial charge < -0.3 is 10.2 Å². The first-order valence-corrected chi connectivity index (χ1v) is 4.97. The summed E-state index contributed by atoms with van der Waals surface area (Å²) in [6, 6.07) is 0. The van der Waals surface area contributed by atoms with E-state index in [1.165, 1.54) is 27.7 Å². The molecule has 5 nitrogen and oxygen atoms in total. The fourth-order valence-corrected chi connectivity index (χ4v) is 1.20. The van der Waals surface area contributed by atoms with Crippen LogP contribution in [0, 0.1) is 10.8 Å². The minimum Gasteiger partial charge on any atom is -0.481 e. The Morgan fingerprint density at radius 1 is 0.812 bits per heavy atom. The van der Waals surface area contributed by atoms with Crippen molar-refractivity contribution >= 4 is 17.7 Å². The summed E-state index contributed by atoms with van der Waals surface area (Å²) >= 11 is 0. The van der Waals surface area contributed by atoms with E-state index < -0.39 is 22.8 Å². The monoisotopic (exact) mass is 230 g/mol. The smallest absolute Gasteiger partial charge is 0.309 e. The van der Waals surface area contributed by atoms with Gasteiger partial charge >= 0.3 is 11.9 Å². The van der Waals surface area contributed by atoms with Gasteiger partial charge in [-0.25, -0.2) is 0 Å². The van der Waals surface area contributed by atoms with Crippen molar-refractivity contribution in [3.05, 3.63) is 0 Å². The summed E-state index contributed by atoms with van der Waals surface area (Å²) in [5.41, 5.74) is -2.29. The first-order valence-electron chi connectivity index (χ1n) is 4.97. The lowest BCUT2D eigenvalue weighted by molar-refractivity contribution is -0.151. The molecule has 0 spiro atoms. The second-order valence-electron chi connectivity index (χ2n) is 5.27. The molecule has 0 saturated carbocycles. The molecule has 5 heteroatoms. The predicted octanol–water partition coefficient (Wildman–Crippen LogP) is 1.56. The van der Waals surface area contributed by atoms with Gasteiger partial charge in [0.1, 0.15) is 5.78 Å². The van der Waals surface area contributed by atoms with E-state index in [0.717, 1.165) is 0 Å². The van der Waals surface area contributed by atoms with E-state index in [-0.39, 0.29) is 18.6 Å². The van der Waals surface area contributed by atoms with Gasteiger partial charge in [-0.3, -0.25) is 14.4 Å². The number of carboxylic acids is 2. The second-order valence-corrected chi connectivity index (χ2v) is 5.27. The lowest BCUT2D eigenvalue weighted by atomic mass is 9.81. The van der Waals surface area contributed by atoms with Gasteiger partial charge in [-0.15, -0.1) is 0 Å². The third-order valence-electron chi connectivity index (χ3n) is 2.44. The summed E-state index contributed by atoms with van der Waals surface area (Å²) in [5.74, 6) is -2.47. The van der Waals surface area contributed by atoms with E-state index in [0.29, 0.717) is 0 Å². The zero-order chi connectivity index (χ0) is 13.1. The zero-order valence-corrected chi connectivity index (χ0v) is 10.0. The van der Waals surface area contributed by atoms with Crippen LogP contribution >= 0.6 is 0 Å². The van der Waals surface area contributed by atoms with Crippen LogP contribution < -0.4 is 0 Å². The largest absolute Gasteiger partial charge is 0.481 e. The molecule has 0 aromatic heterocycles. The summed E-state index contributed by atoms with van der Waals surface area (Å²) < 4.78 is 0. The Morgan fingerprint density at radius 3 is 1.25 bits per heavy atom. The highest BCUT2D eigenvalue weighted by molar-refractivity contribution is 5.89. The van der Waals surface area contributed by atoms with Crippen LogP contribution in [0.4, 0.5) is 0 Å². The number of rotatable bonds is 6. The Bertz CT molecular complexity index is 284. The number of carbonyl (C=O) groups excluding carboxylic acids is 1. The van der Waals surface area contributed by atoms with Gasteiger partial charge in [-0.2, -0.15) is 0 Å². The highest BCUT2D eigenvalue weighted by Gasteiger charge is 2.35. The normalized spacial score (nSPS) is 12.2. The summed E-state index contributed by atoms with van der Waals surface area (Å²) in [6.07, 6.45) is -0.307. The predicted molar refractivity (Wildman–Crippen MR) is 57.1 cm³/mol. The SMILES string of the molecule is CC(C)(CC(=O)CC(C)(C)C(=O)O)C(=O)O. The molecule has 0 atom stereocenters. The lowest BCUT2D eigenvalue weighted by Crippen LogP contribution is -2.31. The topological polar surface area (TPSA) is 91.7 Å². The van der Waals surface area contributed by atoms with Crippen molar-refractivity contribution in [1.82, 2.24) is 0 Å². The third-order valence-corrected chi connectivity index (χ3v) is 2.44. The number of ketones is 1. The average molecular weight is 230 g/mol. The highest BCUT2D eigenvalue weighted by atomic mass is 16.4. The first kappa shape index (κ1) is 14.6. The van der Waals surface area contributed by atoms with Crippen molar-refractivity contribution in [3.63, 3.8) is 0 Å². The molecule has 0 aliphatic rings. The lowest BCUT2D eigenvalue weighted by Gasteiger charge is -2.22. The van der Waals surface area contributed by atoms with Crippen molar-refractivity contribution < 1.29 is 24.6 Å². The highest BCUT2D eigenvalue weighted by Crippen LogP contribution is 2.27. The van der Waals surface area contributed by atoms with E-state index in [9.17, 15) is 14.4 Å². The second kappa shape index (κ2) is 4.63. The fourth-order valence-electron chi connectivity index (χ4n) is 1.20. The molecule has 0 unspecified atom stereocenters. The summed E-state index contributed by atoms with van der Waals surface area (Å²) in [4.78, 5) is 33.1. The molecule has 0 aliphatic carbocycles. The maximum atomic E-state index is 11.6. The van der Waals surface area contributed by atoms with E-state index in [1.54, 1.807) is 0 Å². The number of hydrogen-bond acceptors (Lipinski definition) is 3. The molecule has 0 fully saturated rings. The minimum absolute atomic E-state index is 0.154. The van der Waals surface area contributed by atoms with Crippen molar-refractivity contribution in [2.75, 3.05) is 0 Å². The fraction of sp³-hybridized carbons (Fsp3) is 0.727. The molecule has 0 aromatic carbocycles. The van der Waals surface area contributed by atoms with Crippen LogP contribution in [0.3, 0.4) is 0 Å². The van der Waals surface area contributed by atoms with E-state index in [2.05, 4.69) is 0 Å². The van der Waals surface area contributed by atoms with E-state index in [4.69, 9.17) is 10.2 Å². The van der Waals surface area contributed by atoms with Gasteiger partial charge in [-0.05, 0) is 27.7 Å². The molecule has 0 amide bonds. The molecule has 16 heavy (non-hydrogen) atoms. The van der Waals surface area contributed by atoms with Gasteiger partial charge in [0.05, 0.1) is 10.8 Å². The molecule has 0 radical (unpaired) electrons. The first-order chi connectivity index (χ1) is 6.99. The molecule has 2 N–H and O–H groups in total. The maximum Gasteiger partial charge on any atom is 0.309 e. The number of hydrogen-bond donors (Lipinski definition) is 2. The molecule has 0 rings (SSSR count). The average Bonchev–Trinajstić information content (AvgIpc) is 2.00. The van der Waals surface area contributed by atoms with Crippen LogP contribution in [0.5, 0.6) is 0 Å². The quantitative estimate of drug-likeness (QED) is 0.722. The molecule has 0 aromatic rings. The van der Waals surface area contributed by atoms with Crippen molar-refractivity contribution in [2.24, 2.45) is 10.8 Å². The third kappa shape index (κ3) is 4.00. The Kier molecular flexibility index (Phi) is 4.23. The Balaban J connectivity index is 4.52. The molecule has 0 heterocycles. The number of aliphatic carboxylic acids is 2. The summed E-state index contributed by atoms with van der Waals surface area (Å²) in [5, 5.41) is 17.7. The van der Waals surface area contributed by atoms with Crippen LogP contribution in [0.1, 0.15) is 40.5 Å². The van der Waals surface area contributed by atoms with Crippen LogP contribution in [0.25, 0.3) is 0 Å². The van der Waals surface area contributed by atoms with Crippen molar-refractivity contribution in [2.45, 2.75) is 40.5 Å². The minimum atomic E-state index is -1.15. The van der Waals surface area contributed by atoms with Gasteiger partial charge in [0.15, 0.2) is 0 Å². The van der Waals surface area contributed by atoms with E-state index in [1.807, 2.05) is 0 Å². The zero-order valence-electron chi connectivity index (χ0n) is 10.0.